The van der Waals surface area contributed by atoms with E-state index in [4.69, 9.17) is 0 Å². The molecule has 13 heavy (non-hydrogen) atoms. The predicted octanol–water partition coefficient (Wildman–Crippen LogP) is 2.60. The number of hydrogen-bond donors (Lipinski definition) is 0. The lowest BCUT2D eigenvalue weighted by Gasteiger charge is -2.00. The van der Waals surface area contributed by atoms with Crippen molar-refractivity contribution in [3.8, 4) is 0 Å². The van der Waals surface area contributed by atoms with E-state index in [0.717, 1.165) is 11.4 Å². The number of hydrogen-bond acceptors (Lipinski definition) is 2. The third-order valence-electron chi connectivity index (χ3n) is 2.04. The molecule has 1 atom stereocenters. The fourth-order valence-electron chi connectivity index (χ4n) is 1.14. The predicted molar refractivity (Wildman–Crippen MR) is 53.9 cm³/mol. The lowest BCUT2D eigenvalue weighted by molar-refractivity contribution is 0.250. The van der Waals surface area contributed by atoms with Crippen LogP contribution in [0.15, 0.2) is 35.2 Å². The van der Waals surface area contributed by atoms with Crippen LogP contribution in [0.2, 0.25) is 0 Å². The monoisotopic (exact) mass is 193 g/mol. The Hall–Kier alpha value is -0.960. The van der Waals surface area contributed by atoms with E-state index in [2.05, 4.69) is 6.92 Å². The van der Waals surface area contributed by atoms with Gasteiger partial charge in [0.2, 0.25) is 0 Å². The first kappa shape index (κ1) is 8.63. The van der Waals surface area contributed by atoms with Gasteiger partial charge in [-0.2, -0.15) is 0 Å². The van der Waals surface area contributed by atoms with Gasteiger partial charge < -0.3 is 4.90 Å². The van der Waals surface area contributed by atoms with Crippen molar-refractivity contribution in [2.24, 2.45) is 0 Å². The number of rotatable bonds is 1. The Labute approximate surface area is 81.9 Å². The maximum Gasteiger partial charge on any atom is 0.286 e. The number of amides is 1. The number of carbonyl (C=O) groups is 1. The van der Waals surface area contributed by atoms with Crippen LogP contribution in [0, 0.1) is 0 Å². The first-order valence-corrected chi connectivity index (χ1v) is 5.12. The van der Waals surface area contributed by atoms with E-state index < -0.39 is 0 Å². The van der Waals surface area contributed by atoms with Crippen LogP contribution in [-0.2, 0) is 0 Å². The second-order valence-corrected chi connectivity index (χ2v) is 4.21. The minimum atomic E-state index is 0.165. The van der Waals surface area contributed by atoms with Gasteiger partial charge in [0, 0.05) is 17.5 Å². The number of benzene rings is 1. The van der Waals surface area contributed by atoms with Crippen molar-refractivity contribution in [2.75, 3.05) is 6.54 Å². The third-order valence-corrected chi connectivity index (χ3v) is 2.96. The largest absolute Gasteiger partial charge is 0.327 e. The molecule has 0 aliphatic carbocycles. The second-order valence-electron chi connectivity index (χ2n) is 3.18. The van der Waals surface area contributed by atoms with Crippen molar-refractivity contribution in [1.29, 1.82) is 0 Å². The summed E-state index contributed by atoms with van der Waals surface area (Å²) in [6.45, 7) is 2.97. The highest BCUT2D eigenvalue weighted by Gasteiger charge is 2.34. The normalized spacial score (nSPS) is 20.1. The van der Waals surface area contributed by atoms with E-state index in [9.17, 15) is 4.79 Å². The highest BCUT2D eigenvalue weighted by atomic mass is 32.2. The van der Waals surface area contributed by atoms with Gasteiger partial charge in [0.15, 0.2) is 0 Å². The topological polar surface area (TPSA) is 20.1 Å². The Morgan fingerprint density at radius 3 is 2.62 bits per heavy atom. The molecule has 0 bridgehead atoms. The van der Waals surface area contributed by atoms with Crippen molar-refractivity contribution in [1.82, 2.24) is 4.90 Å². The summed E-state index contributed by atoms with van der Waals surface area (Å²) < 4.78 is 0. The first-order valence-electron chi connectivity index (χ1n) is 4.31. The van der Waals surface area contributed by atoms with Gasteiger partial charge >= 0.3 is 0 Å². The summed E-state index contributed by atoms with van der Waals surface area (Å²) in [5, 5.41) is 0.165. The van der Waals surface area contributed by atoms with Gasteiger partial charge in [-0.1, -0.05) is 18.2 Å². The molecule has 1 fully saturated rings. The Morgan fingerprint density at radius 1 is 1.46 bits per heavy atom. The van der Waals surface area contributed by atoms with Crippen LogP contribution in [0.1, 0.15) is 6.92 Å². The molecule has 1 heterocycles. The van der Waals surface area contributed by atoms with Crippen LogP contribution in [0.25, 0.3) is 0 Å². The summed E-state index contributed by atoms with van der Waals surface area (Å²) in [4.78, 5) is 14.4. The standard InChI is InChI=1S/C10H11NOS/c1-8-7-11(8)10(12)13-9-5-3-2-4-6-9/h2-6,8H,7H2,1H3. The molecule has 0 N–H and O–H groups in total. The molecule has 0 aromatic heterocycles. The molecule has 1 aliphatic rings. The summed E-state index contributed by atoms with van der Waals surface area (Å²) in [5.74, 6) is 0. The maximum atomic E-state index is 11.5. The van der Waals surface area contributed by atoms with E-state index in [-0.39, 0.29) is 5.24 Å². The van der Waals surface area contributed by atoms with Gasteiger partial charge in [-0.3, -0.25) is 4.79 Å². The molecule has 68 valence electrons. The quantitative estimate of drug-likeness (QED) is 0.504. The van der Waals surface area contributed by atoms with E-state index in [0.29, 0.717) is 6.04 Å². The SMILES string of the molecule is CC1CN1C(=O)Sc1ccccc1. The molecule has 3 heteroatoms. The van der Waals surface area contributed by atoms with E-state index in [1.807, 2.05) is 35.2 Å². The zero-order valence-corrected chi connectivity index (χ0v) is 8.25. The molecule has 1 aromatic rings. The first-order chi connectivity index (χ1) is 6.27. The third kappa shape index (κ3) is 2.04. The van der Waals surface area contributed by atoms with Gasteiger partial charge in [-0.25, -0.2) is 0 Å². The van der Waals surface area contributed by atoms with Crippen molar-refractivity contribution in [3.63, 3.8) is 0 Å². The average Bonchev–Trinajstić information content (AvgIpc) is 2.84. The van der Waals surface area contributed by atoms with Gasteiger partial charge in [-0.05, 0) is 30.8 Å². The van der Waals surface area contributed by atoms with Crippen LogP contribution < -0.4 is 0 Å². The van der Waals surface area contributed by atoms with Gasteiger partial charge in [0.05, 0.1) is 0 Å². The van der Waals surface area contributed by atoms with Crippen molar-refractivity contribution >= 4 is 17.0 Å². The number of nitrogens with zero attached hydrogens (tertiary/aromatic N) is 1. The molecule has 1 unspecified atom stereocenters. The fourth-order valence-corrected chi connectivity index (χ4v) is 2.01. The van der Waals surface area contributed by atoms with Crippen LogP contribution in [0.5, 0.6) is 0 Å². The van der Waals surface area contributed by atoms with E-state index in [1.54, 1.807) is 0 Å². The molecule has 0 saturated carbocycles. The molecule has 1 amide bonds. The minimum absolute atomic E-state index is 0.165. The lowest BCUT2D eigenvalue weighted by Crippen LogP contribution is -2.04. The molecular formula is C10H11NOS. The van der Waals surface area contributed by atoms with E-state index in [1.165, 1.54) is 11.8 Å². The molecule has 1 aromatic carbocycles. The molecule has 1 aliphatic heterocycles. The molecule has 2 rings (SSSR count). The summed E-state index contributed by atoms with van der Waals surface area (Å²) >= 11 is 1.30. The molecule has 0 radical (unpaired) electrons. The molecule has 2 nitrogen and oxygen atoms in total. The Morgan fingerprint density at radius 2 is 2.08 bits per heavy atom. The molecule has 1 saturated heterocycles. The Kier molecular flexibility index (Phi) is 2.27. The summed E-state index contributed by atoms with van der Waals surface area (Å²) in [5.41, 5.74) is 0. The lowest BCUT2D eigenvalue weighted by atomic mass is 10.4. The van der Waals surface area contributed by atoms with Crippen LogP contribution >= 0.6 is 11.8 Å². The van der Waals surface area contributed by atoms with Gasteiger partial charge in [0.1, 0.15) is 0 Å². The smallest absolute Gasteiger partial charge is 0.286 e. The van der Waals surface area contributed by atoms with Crippen LogP contribution in [0.3, 0.4) is 0 Å². The molecule has 0 spiro atoms. The fraction of sp³-hybridized carbons (Fsp3) is 0.300. The Bertz CT molecular complexity index is 312. The number of carbonyl (C=O) groups excluding carboxylic acids is 1. The van der Waals surface area contributed by atoms with Crippen molar-refractivity contribution in [3.05, 3.63) is 30.3 Å². The second kappa shape index (κ2) is 3.42. The minimum Gasteiger partial charge on any atom is -0.327 e. The summed E-state index contributed by atoms with van der Waals surface area (Å²) in [7, 11) is 0. The van der Waals surface area contributed by atoms with E-state index >= 15 is 0 Å². The van der Waals surface area contributed by atoms with Crippen molar-refractivity contribution in [2.45, 2.75) is 17.9 Å². The molecular weight excluding hydrogens is 182 g/mol. The van der Waals surface area contributed by atoms with Gasteiger partial charge in [0.25, 0.3) is 5.24 Å². The summed E-state index contributed by atoms with van der Waals surface area (Å²) in [6, 6.07) is 10.2. The van der Waals surface area contributed by atoms with Gasteiger partial charge in [-0.15, -0.1) is 0 Å². The number of thioether (sulfide) groups is 1. The highest BCUT2D eigenvalue weighted by molar-refractivity contribution is 8.13. The summed E-state index contributed by atoms with van der Waals surface area (Å²) in [6.07, 6.45) is 0. The van der Waals surface area contributed by atoms with Crippen LogP contribution in [-0.4, -0.2) is 22.7 Å². The zero-order valence-electron chi connectivity index (χ0n) is 7.43. The Balaban J connectivity index is 1.95. The highest BCUT2D eigenvalue weighted by Crippen LogP contribution is 2.27. The average molecular weight is 193 g/mol. The van der Waals surface area contributed by atoms with Crippen molar-refractivity contribution < 1.29 is 4.79 Å². The van der Waals surface area contributed by atoms with Crippen LogP contribution in [0.4, 0.5) is 4.79 Å². The zero-order chi connectivity index (χ0) is 9.26. The maximum absolute atomic E-state index is 11.5.